The molecule has 0 heterocycles. The Bertz CT molecular complexity index is 1490. The van der Waals surface area contributed by atoms with Gasteiger partial charge in [0.05, 0.1) is 34.4 Å². The van der Waals surface area contributed by atoms with Crippen LogP contribution in [-0.2, 0) is 33.3 Å². The number of ether oxygens (including phenoxy) is 4. The number of carboxylic acids is 1. The van der Waals surface area contributed by atoms with E-state index in [-0.39, 0.29) is 38.2 Å². The molecule has 9 heteroatoms. The van der Waals surface area contributed by atoms with Gasteiger partial charge in [0.1, 0.15) is 13.2 Å². The minimum absolute atomic E-state index is 0.176. The Balaban J connectivity index is 4.02. The molecule has 0 aliphatic heterocycles. The first kappa shape index (κ1) is 82.5. The van der Waals surface area contributed by atoms with E-state index < -0.39 is 18.4 Å². The van der Waals surface area contributed by atoms with Crippen molar-refractivity contribution < 1.29 is 42.9 Å². The average molecular weight is 1200 g/mol. The number of likely N-dealkylation sites (N-methyl/N-ethyl adjacent to an activating group) is 1. The maximum Gasteiger partial charge on any atom is 0.361 e. The summed E-state index contributed by atoms with van der Waals surface area (Å²) in [6, 6.07) is 0. The van der Waals surface area contributed by atoms with Gasteiger partial charge in [-0.3, -0.25) is 9.59 Å². The lowest BCUT2D eigenvalue weighted by atomic mass is 10.0. The molecule has 0 saturated carbocycles. The van der Waals surface area contributed by atoms with Crippen molar-refractivity contribution in [1.29, 1.82) is 0 Å². The fourth-order valence-corrected chi connectivity index (χ4v) is 11.2. The SMILES string of the molecule is CCCCCCC/C=C\C/C=C\CCCCCCCCCCCCCCCCCC(=O)OC(COC(=O)CCCCCCCCCCCCCCCCCCCCCCC/C=C\CCCCCCCCCC)COC(OCC[N+](C)(C)C)C(=O)O. The number of unbranched alkanes of at least 4 members (excludes halogenated alkanes) is 49. The van der Waals surface area contributed by atoms with E-state index >= 15 is 0 Å². The summed E-state index contributed by atoms with van der Waals surface area (Å²) in [5, 5.41) is 9.75. The van der Waals surface area contributed by atoms with Crippen LogP contribution in [0.1, 0.15) is 373 Å². The van der Waals surface area contributed by atoms with E-state index in [0.717, 1.165) is 44.9 Å². The Morgan fingerprint density at radius 3 is 0.941 bits per heavy atom. The molecule has 0 amide bonds. The molecule has 1 N–H and O–H groups in total. The molecule has 0 saturated heterocycles. The second kappa shape index (κ2) is 67.4. The Labute approximate surface area is 528 Å². The van der Waals surface area contributed by atoms with Crippen molar-refractivity contribution in [3.8, 4) is 0 Å². The highest BCUT2D eigenvalue weighted by Crippen LogP contribution is 2.19. The zero-order chi connectivity index (χ0) is 61.9. The number of hydrogen-bond donors (Lipinski definition) is 1. The van der Waals surface area contributed by atoms with Gasteiger partial charge in [0.25, 0.3) is 6.29 Å². The predicted molar refractivity (Wildman–Crippen MR) is 364 cm³/mol. The zero-order valence-electron chi connectivity index (χ0n) is 57.3. The Morgan fingerprint density at radius 1 is 0.353 bits per heavy atom. The van der Waals surface area contributed by atoms with Gasteiger partial charge in [0, 0.05) is 12.8 Å². The highest BCUT2D eigenvalue weighted by molar-refractivity contribution is 5.71. The highest BCUT2D eigenvalue weighted by Gasteiger charge is 2.25. The molecule has 2 unspecified atom stereocenters. The monoisotopic (exact) mass is 1200 g/mol. The van der Waals surface area contributed by atoms with Crippen LogP contribution in [0.25, 0.3) is 0 Å². The summed E-state index contributed by atoms with van der Waals surface area (Å²) in [6.45, 7) is 4.94. The standard InChI is InChI=1S/C76H143NO8/c1-6-8-10-12-14-16-18-20-22-24-26-28-30-32-34-35-36-37-38-39-41-42-44-46-48-50-52-54-56-58-60-62-64-66-73(78)83-70-72(71-84-76(75(80)81)82-69-68-77(3,4)5)85-74(79)67-65-63-61-59-57-55-53-51-49-47-45-43-40-33-31-29-27-25-23-21-19-17-15-13-11-9-7-2/h19,21,24-27,72,76H,6-18,20,22-23,28-71H2,1-5H3/p+1/b21-19-,26-24-,27-25-. The fourth-order valence-electron chi connectivity index (χ4n) is 11.2. The fraction of sp³-hybridized carbons (Fsp3) is 0.882. The number of hydrogen-bond acceptors (Lipinski definition) is 7. The van der Waals surface area contributed by atoms with E-state index in [2.05, 4.69) is 50.3 Å². The van der Waals surface area contributed by atoms with Gasteiger partial charge in [-0.15, -0.1) is 0 Å². The number of quaternary nitrogens is 1. The summed E-state index contributed by atoms with van der Waals surface area (Å²) in [4.78, 5) is 37.7. The van der Waals surface area contributed by atoms with Crippen LogP contribution in [0.15, 0.2) is 36.5 Å². The normalized spacial score (nSPS) is 12.8. The van der Waals surface area contributed by atoms with Crippen molar-refractivity contribution in [2.75, 3.05) is 47.5 Å². The molecule has 0 aromatic rings. The number of aliphatic carboxylic acids is 1. The van der Waals surface area contributed by atoms with Crippen LogP contribution in [0.4, 0.5) is 0 Å². The third-order valence-electron chi connectivity index (χ3n) is 16.9. The second-order valence-corrected chi connectivity index (χ2v) is 26.6. The summed E-state index contributed by atoms with van der Waals surface area (Å²) < 4.78 is 23.0. The highest BCUT2D eigenvalue weighted by atomic mass is 16.7. The van der Waals surface area contributed by atoms with Crippen molar-refractivity contribution in [2.24, 2.45) is 0 Å². The lowest BCUT2D eigenvalue weighted by molar-refractivity contribution is -0.870. The van der Waals surface area contributed by atoms with Gasteiger partial charge in [-0.05, 0) is 70.6 Å². The van der Waals surface area contributed by atoms with Gasteiger partial charge in [0.2, 0.25) is 0 Å². The molecular formula is C76H144NO8+. The molecule has 0 fully saturated rings. The largest absolute Gasteiger partial charge is 0.477 e. The molecular weight excluding hydrogens is 1050 g/mol. The first-order valence-corrected chi connectivity index (χ1v) is 37.2. The molecule has 0 aromatic heterocycles. The van der Waals surface area contributed by atoms with E-state index in [0.29, 0.717) is 17.4 Å². The number of rotatable bonds is 70. The third kappa shape index (κ3) is 68.9. The molecule has 0 spiro atoms. The molecule has 85 heavy (non-hydrogen) atoms. The van der Waals surface area contributed by atoms with Gasteiger partial charge in [-0.1, -0.05) is 326 Å². The molecule has 0 rings (SSSR count). The Morgan fingerprint density at radius 2 is 0.635 bits per heavy atom. The van der Waals surface area contributed by atoms with Gasteiger partial charge in [0.15, 0.2) is 6.10 Å². The van der Waals surface area contributed by atoms with Crippen molar-refractivity contribution in [3.05, 3.63) is 36.5 Å². The van der Waals surface area contributed by atoms with Crippen LogP contribution in [0.5, 0.6) is 0 Å². The average Bonchev–Trinajstić information content (AvgIpc) is 3.48. The summed E-state index contributed by atoms with van der Waals surface area (Å²) >= 11 is 0. The van der Waals surface area contributed by atoms with Gasteiger partial charge < -0.3 is 28.5 Å². The molecule has 0 bridgehead atoms. The number of esters is 2. The van der Waals surface area contributed by atoms with Crippen LogP contribution in [-0.4, -0.2) is 87.4 Å². The van der Waals surface area contributed by atoms with Crippen LogP contribution in [0.3, 0.4) is 0 Å². The molecule has 0 aliphatic carbocycles. The number of nitrogens with zero attached hydrogens (tertiary/aromatic N) is 1. The first-order valence-electron chi connectivity index (χ1n) is 37.2. The molecule has 0 aromatic carbocycles. The second-order valence-electron chi connectivity index (χ2n) is 26.6. The van der Waals surface area contributed by atoms with E-state index in [1.807, 2.05) is 21.1 Å². The minimum Gasteiger partial charge on any atom is -0.477 e. The molecule has 0 radical (unpaired) electrons. The quantitative estimate of drug-likeness (QED) is 0.0211. The van der Waals surface area contributed by atoms with Crippen molar-refractivity contribution in [1.82, 2.24) is 0 Å². The number of carboxylic acid groups (broad SMARTS) is 1. The third-order valence-corrected chi connectivity index (χ3v) is 16.9. The van der Waals surface area contributed by atoms with Gasteiger partial charge >= 0.3 is 17.9 Å². The van der Waals surface area contributed by atoms with E-state index in [9.17, 15) is 19.5 Å². The molecule has 500 valence electrons. The summed E-state index contributed by atoms with van der Waals surface area (Å²) in [7, 11) is 5.99. The summed E-state index contributed by atoms with van der Waals surface area (Å²) in [5.74, 6) is -1.98. The first-order chi connectivity index (χ1) is 41.6. The van der Waals surface area contributed by atoms with E-state index in [1.54, 1.807) is 0 Å². The van der Waals surface area contributed by atoms with Crippen molar-refractivity contribution >= 4 is 17.9 Å². The van der Waals surface area contributed by atoms with Crippen LogP contribution >= 0.6 is 0 Å². The lowest BCUT2D eigenvalue weighted by Gasteiger charge is -2.25. The van der Waals surface area contributed by atoms with Crippen molar-refractivity contribution in [3.63, 3.8) is 0 Å². The Hall–Kier alpha value is -2.49. The maximum atomic E-state index is 13.0. The number of allylic oxidation sites excluding steroid dienone is 6. The van der Waals surface area contributed by atoms with E-state index in [4.69, 9.17) is 18.9 Å². The summed E-state index contributed by atoms with van der Waals surface area (Å²) in [6.07, 6.45) is 82.8. The maximum absolute atomic E-state index is 13.0. The topological polar surface area (TPSA) is 108 Å². The van der Waals surface area contributed by atoms with E-state index in [1.165, 1.54) is 302 Å². The zero-order valence-corrected chi connectivity index (χ0v) is 57.3. The van der Waals surface area contributed by atoms with Crippen LogP contribution < -0.4 is 0 Å². The lowest BCUT2D eigenvalue weighted by Crippen LogP contribution is -2.40. The van der Waals surface area contributed by atoms with Crippen LogP contribution in [0.2, 0.25) is 0 Å². The van der Waals surface area contributed by atoms with Gasteiger partial charge in [-0.2, -0.15) is 0 Å². The molecule has 2 atom stereocenters. The van der Waals surface area contributed by atoms with Crippen molar-refractivity contribution in [2.45, 2.75) is 386 Å². The predicted octanol–water partition coefficient (Wildman–Crippen LogP) is 23.1. The number of carbonyl (C=O) groups excluding carboxylic acids is 2. The smallest absolute Gasteiger partial charge is 0.361 e. The Kier molecular flexibility index (Phi) is 65.5. The molecule has 0 aliphatic rings. The minimum atomic E-state index is -1.51. The number of carbonyl (C=O) groups is 3. The summed E-state index contributed by atoms with van der Waals surface area (Å²) in [5.41, 5.74) is 0. The van der Waals surface area contributed by atoms with Gasteiger partial charge in [-0.25, -0.2) is 4.79 Å². The molecule has 9 nitrogen and oxygen atoms in total. The van der Waals surface area contributed by atoms with Crippen LogP contribution in [0, 0.1) is 0 Å².